The zero-order valence-electron chi connectivity index (χ0n) is 21.9. The molecule has 0 aromatic heterocycles. The van der Waals surface area contributed by atoms with Crippen LogP contribution in [0.2, 0.25) is 0 Å². The van der Waals surface area contributed by atoms with E-state index in [1.165, 1.54) is 25.7 Å². The highest BCUT2D eigenvalue weighted by molar-refractivity contribution is 5.15. The fourth-order valence-corrected chi connectivity index (χ4v) is 9.35. The molecular weight excluding hydrogens is 412 g/mol. The molecule has 12 atom stereocenters. The Morgan fingerprint density at radius 2 is 1.55 bits per heavy atom. The number of aliphatic hydroxyl groups excluding tert-OH is 4. The maximum Gasteiger partial charge on any atom is 0.101 e. The first-order chi connectivity index (χ1) is 15.2. The van der Waals surface area contributed by atoms with Gasteiger partial charge in [0.2, 0.25) is 0 Å². The van der Waals surface area contributed by atoms with Crippen molar-refractivity contribution in [2.45, 2.75) is 117 Å². The van der Waals surface area contributed by atoms with Crippen LogP contribution in [0.3, 0.4) is 0 Å². The van der Waals surface area contributed by atoms with Crippen molar-refractivity contribution in [1.29, 1.82) is 0 Å². The second-order valence-electron chi connectivity index (χ2n) is 14.0. The van der Waals surface area contributed by atoms with Crippen molar-refractivity contribution >= 4 is 0 Å². The van der Waals surface area contributed by atoms with Gasteiger partial charge in [0.15, 0.2) is 0 Å². The standard InChI is InChI=1S/C29H50O4/c1-16(25(32)26(33)17(2)27(3,4)5)20-10-11-21-19-9-8-18-14-23(30)24(31)15-29(18,7)22(19)12-13-28(20,21)6/h16,18-26,30-33H,2,8-15H2,1,3-7H3. The average molecular weight is 463 g/mol. The van der Waals surface area contributed by atoms with E-state index >= 15 is 0 Å². The molecule has 4 heteroatoms. The Balaban J connectivity index is 1.52. The first-order valence-electron chi connectivity index (χ1n) is 13.6. The Bertz CT molecular complexity index is 742. The predicted octanol–water partition coefficient (Wildman–Crippen LogP) is 4.94. The van der Waals surface area contributed by atoms with Gasteiger partial charge in [0, 0.05) is 0 Å². The van der Waals surface area contributed by atoms with E-state index in [4.69, 9.17) is 0 Å². The van der Waals surface area contributed by atoms with Crippen LogP contribution in [0.1, 0.15) is 92.9 Å². The number of rotatable bonds is 4. The summed E-state index contributed by atoms with van der Waals surface area (Å²) in [4.78, 5) is 0. The van der Waals surface area contributed by atoms with E-state index in [2.05, 4.69) is 27.4 Å². The average Bonchev–Trinajstić information content (AvgIpc) is 3.09. The number of aliphatic hydroxyl groups is 4. The van der Waals surface area contributed by atoms with Gasteiger partial charge in [-0.2, -0.15) is 0 Å². The van der Waals surface area contributed by atoms with Crippen LogP contribution < -0.4 is 0 Å². The third-order valence-corrected chi connectivity index (χ3v) is 11.6. The summed E-state index contributed by atoms with van der Waals surface area (Å²) in [6.07, 6.45) is 5.78. The Hall–Kier alpha value is -0.420. The molecule has 0 aromatic carbocycles. The van der Waals surface area contributed by atoms with Gasteiger partial charge in [-0.15, -0.1) is 0 Å². The van der Waals surface area contributed by atoms with Crippen LogP contribution in [0, 0.1) is 51.8 Å². The third-order valence-electron chi connectivity index (χ3n) is 11.6. The van der Waals surface area contributed by atoms with Crippen molar-refractivity contribution < 1.29 is 20.4 Å². The lowest BCUT2D eigenvalue weighted by Crippen LogP contribution is -2.57. The van der Waals surface area contributed by atoms with Gasteiger partial charge in [-0.1, -0.05) is 48.1 Å². The molecule has 0 saturated heterocycles. The fourth-order valence-electron chi connectivity index (χ4n) is 9.35. The van der Waals surface area contributed by atoms with E-state index in [9.17, 15) is 20.4 Å². The van der Waals surface area contributed by atoms with Gasteiger partial charge >= 0.3 is 0 Å². The zero-order chi connectivity index (χ0) is 24.5. The Labute approximate surface area is 201 Å². The lowest BCUT2D eigenvalue weighted by molar-refractivity contribution is -0.162. The van der Waals surface area contributed by atoms with Gasteiger partial charge in [-0.05, 0) is 109 Å². The van der Waals surface area contributed by atoms with Crippen LogP contribution in [0.5, 0.6) is 0 Å². The highest BCUT2D eigenvalue weighted by Crippen LogP contribution is 2.68. The quantitative estimate of drug-likeness (QED) is 0.446. The maximum atomic E-state index is 11.2. The molecule has 0 aromatic rings. The van der Waals surface area contributed by atoms with Crippen molar-refractivity contribution in [3.8, 4) is 0 Å². The highest BCUT2D eigenvalue weighted by atomic mass is 16.3. The Kier molecular flexibility index (Phi) is 6.69. The maximum absolute atomic E-state index is 11.2. The topological polar surface area (TPSA) is 80.9 Å². The van der Waals surface area contributed by atoms with Gasteiger partial charge < -0.3 is 20.4 Å². The smallest absolute Gasteiger partial charge is 0.101 e. The molecule has 0 heterocycles. The van der Waals surface area contributed by atoms with Crippen molar-refractivity contribution in [3.05, 3.63) is 12.2 Å². The molecule has 0 amide bonds. The van der Waals surface area contributed by atoms with Crippen molar-refractivity contribution in [2.24, 2.45) is 51.8 Å². The molecule has 190 valence electrons. The second kappa shape index (κ2) is 8.61. The summed E-state index contributed by atoms with van der Waals surface area (Å²) in [7, 11) is 0. The first kappa shape index (κ1) is 25.7. The van der Waals surface area contributed by atoms with Crippen LogP contribution >= 0.6 is 0 Å². The Morgan fingerprint density at radius 1 is 0.909 bits per heavy atom. The van der Waals surface area contributed by atoms with Crippen LogP contribution in [-0.4, -0.2) is 44.8 Å². The third kappa shape index (κ3) is 4.05. The normalized spacial score (nSPS) is 48.2. The molecule has 0 radical (unpaired) electrons. The van der Waals surface area contributed by atoms with Gasteiger partial charge in [-0.3, -0.25) is 0 Å². The molecule has 0 spiro atoms. The zero-order valence-corrected chi connectivity index (χ0v) is 21.9. The number of hydrogen-bond acceptors (Lipinski definition) is 4. The minimum Gasteiger partial charge on any atom is -0.390 e. The molecule has 4 saturated carbocycles. The van der Waals surface area contributed by atoms with Gasteiger partial charge in [0.05, 0.1) is 18.3 Å². The SMILES string of the molecule is C=C(C(O)C(O)C(C)C1CCC2C3CCC4CC(O)C(O)CC4(C)C3CCC12C)C(C)(C)C. The summed E-state index contributed by atoms with van der Waals surface area (Å²) >= 11 is 0. The molecule has 12 unspecified atom stereocenters. The molecule has 0 bridgehead atoms. The molecule has 4 rings (SSSR count). The van der Waals surface area contributed by atoms with E-state index < -0.39 is 24.4 Å². The van der Waals surface area contributed by atoms with E-state index in [0.717, 1.165) is 31.3 Å². The molecule has 33 heavy (non-hydrogen) atoms. The summed E-state index contributed by atoms with van der Waals surface area (Å²) in [5.74, 6) is 2.92. The molecule has 0 aliphatic heterocycles. The lowest BCUT2D eigenvalue weighted by atomic mass is 9.44. The summed E-state index contributed by atoms with van der Waals surface area (Å²) in [6, 6.07) is 0. The second-order valence-corrected chi connectivity index (χ2v) is 14.0. The first-order valence-corrected chi connectivity index (χ1v) is 13.6. The molecule has 4 nitrogen and oxygen atoms in total. The van der Waals surface area contributed by atoms with E-state index in [1.807, 2.05) is 20.8 Å². The predicted molar refractivity (Wildman–Crippen MR) is 132 cm³/mol. The fraction of sp³-hybridized carbons (Fsp3) is 0.931. The monoisotopic (exact) mass is 462 g/mol. The molecular formula is C29H50O4. The van der Waals surface area contributed by atoms with Crippen LogP contribution in [0.25, 0.3) is 0 Å². The van der Waals surface area contributed by atoms with Crippen molar-refractivity contribution in [3.63, 3.8) is 0 Å². The minimum absolute atomic E-state index is 0.0317. The summed E-state index contributed by atoms with van der Waals surface area (Å²) in [5.41, 5.74) is 0.814. The summed E-state index contributed by atoms with van der Waals surface area (Å²) in [6.45, 7) is 17.3. The van der Waals surface area contributed by atoms with Gasteiger partial charge in [-0.25, -0.2) is 0 Å². The molecule has 4 aliphatic rings. The van der Waals surface area contributed by atoms with E-state index in [1.54, 1.807) is 0 Å². The van der Waals surface area contributed by atoms with Crippen LogP contribution in [0.4, 0.5) is 0 Å². The van der Waals surface area contributed by atoms with E-state index in [0.29, 0.717) is 29.6 Å². The summed E-state index contributed by atoms with van der Waals surface area (Å²) < 4.78 is 0. The summed E-state index contributed by atoms with van der Waals surface area (Å²) in [5, 5.41) is 43.0. The van der Waals surface area contributed by atoms with Gasteiger partial charge in [0.1, 0.15) is 6.10 Å². The van der Waals surface area contributed by atoms with Gasteiger partial charge in [0.25, 0.3) is 0 Å². The lowest BCUT2D eigenvalue weighted by Gasteiger charge is -2.61. The van der Waals surface area contributed by atoms with Crippen LogP contribution in [-0.2, 0) is 0 Å². The van der Waals surface area contributed by atoms with Crippen LogP contribution in [0.15, 0.2) is 12.2 Å². The number of fused-ring (bicyclic) bond motifs is 5. The molecule has 4 aliphatic carbocycles. The van der Waals surface area contributed by atoms with Crippen molar-refractivity contribution in [1.82, 2.24) is 0 Å². The largest absolute Gasteiger partial charge is 0.390 e. The molecule has 4 fully saturated rings. The highest BCUT2D eigenvalue weighted by Gasteiger charge is 2.62. The minimum atomic E-state index is -0.886. The van der Waals surface area contributed by atoms with Crippen molar-refractivity contribution in [2.75, 3.05) is 0 Å². The molecule has 4 N–H and O–H groups in total. The van der Waals surface area contributed by atoms with E-state index in [-0.39, 0.29) is 22.2 Å². The number of hydrogen-bond donors (Lipinski definition) is 4. The Morgan fingerprint density at radius 3 is 2.18 bits per heavy atom.